The molecule has 0 aliphatic carbocycles. The summed E-state index contributed by atoms with van der Waals surface area (Å²) in [5, 5.41) is 8.03. The van der Waals surface area contributed by atoms with Crippen LogP contribution in [0.25, 0.3) is 0 Å². The van der Waals surface area contributed by atoms with Crippen LogP contribution in [0.2, 0.25) is 5.02 Å². The molecule has 1 aromatic heterocycles. The molecule has 0 atom stereocenters. The summed E-state index contributed by atoms with van der Waals surface area (Å²) < 4.78 is 30.0. The van der Waals surface area contributed by atoms with E-state index in [2.05, 4.69) is 10.4 Å². The number of alkyl halides is 2. The summed E-state index contributed by atoms with van der Waals surface area (Å²) in [7, 11) is 1.83. The average molecular weight is 282 g/mol. The topological polar surface area (TPSA) is 39.1 Å². The number of nitrogens with zero attached hydrogens (tertiary/aromatic N) is 2. The maximum Gasteiger partial charge on any atom is 0.261 e. The minimum atomic E-state index is -2.41. The van der Waals surface area contributed by atoms with Crippen molar-refractivity contribution >= 4 is 11.6 Å². The minimum absolute atomic E-state index is 0.250. The zero-order valence-corrected chi connectivity index (χ0v) is 11.3. The molecule has 1 N–H and O–H groups in total. The van der Waals surface area contributed by atoms with Gasteiger partial charge in [0.25, 0.3) is 6.43 Å². The van der Waals surface area contributed by atoms with E-state index in [1.54, 1.807) is 4.68 Å². The second-order valence-corrected chi connectivity index (χ2v) is 4.21. The first-order valence-electron chi connectivity index (χ1n) is 5.83. The van der Waals surface area contributed by atoms with E-state index in [1.807, 2.05) is 14.0 Å². The molecule has 4 nitrogen and oxygen atoms in total. The Balaban J connectivity index is 2.29. The summed E-state index contributed by atoms with van der Waals surface area (Å²) in [5.41, 5.74) is 1.76. The lowest BCUT2D eigenvalue weighted by Gasteiger charge is -2.06. The third kappa shape index (κ3) is 4.51. The molecular weight excluding hydrogens is 264 g/mol. The van der Waals surface area contributed by atoms with E-state index in [1.165, 1.54) is 0 Å². The van der Waals surface area contributed by atoms with Crippen LogP contribution in [0.1, 0.15) is 18.3 Å². The number of aryl methyl sites for hydroxylation is 2. The lowest BCUT2D eigenvalue weighted by atomic mass is 10.3. The molecule has 18 heavy (non-hydrogen) atoms. The van der Waals surface area contributed by atoms with Gasteiger partial charge in [-0.1, -0.05) is 18.5 Å². The predicted octanol–water partition coefficient (Wildman–Crippen LogP) is 2.01. The standard InChI is InChI=1S/C11H18ClF2N3O/c1-3-8-11(12)9(17(2)16-8)6-15-4-5-18-7-10(13)14/h10,15H,3-7H2,1-2H3. The lowest BCUT2D eigenvalue weighted by molar-refractivity contribution is 0.0187. The van der Waals surface area contributed by atoms with E-state index in [9.17, 15) is 8.78 Å². The van der Waals surface area contributed by atoms with Crippen molar-refractivity contribution in [2.75, 3.05) is 19.8 Å². The van der Waals surface area contributed by atoms with E-state index in [-0.39, 0.29) is 6.61 Å². The molecule has 0 spiro atoms. The Hall–Kier alpha value is -0.720. The van der Waals surface area contributed by atoms with Gasteiger partial charge in [-0.25, -0.2) is 8.78 Å². The van der Waals surface area contributed by atoms with Crippen LogP contribution < -0.4 is 5.32 Å². The smallest absolute Gasteiger partial charge is 0.261 e. The van der Waals surface area contributed by atoms with Crippen molar-refractivity contribution in [3.8, 4) is 0 Å². The molecule has 0 bridgehead atoms. The number of rotatable bonds is 8. The maximum atomic E-state index is 11.8. The van der Waals surface area contributed by atoms with Gasteiger partial charge in [0.15, 0.2) is 0 Å². The molecular formula is C11H18ClF2N3O. The SMILES string of the molecule is CCc1nn(C)c(CNCCOCC(F)F)c1Cl. The second kappa shape index (κ2) is 7.66. The molecule has 0 amide bonds. The number of aromatic nitrogens is 2. The zero-order chi connectivity index (χ0) is 13.5. The van der Waals surface area contributed by atoms with Gasteiger partial charge in [0.05, 0.1) is 23.0 Å². The van der Waals surface area contributed by atoms with Crippen molar-refractivity contribution in [3.05, 3.63) is 16.4 Å². The fourth-order valence-electron chi connectivity index (χ4n) is 1.54. The Morgan fingerprint density at radius 2 is 2.22 bits per heavy atom. The Bertz CT molecular complexity index is 371. The van der Waals surface area contributed by atoms with Gasteiger partial charge in [-0.3, -0.25) is 4.68 Å². The van der Waals surface area contributed by atoms with Crippen LogP contribution >= 0.6 is 11.6 Å². The van der Waals surface area contributed by atoms with Crippen molar-refractivity contribution < 1.29 is 13.5 Å². The molecule has 1 heterocycles. The average Bonchev–Trinajstić information content (AvgIpc) is 2.59. The summed E-state index contributed by atoms with van der Waals surface area (Å²) in [6.45, 7) is 2.76. The summed E-state index contributed by atoms with van der Waals surface area (Å²) in [4.78, 5) is 0. The van der Waals surface area contributed by atoms with E-state index in [0.29, 0.717) is 18.1 Å². The van der Waals surface area contributed by atoms with Crippen LogP contribution in [0, 0.1) is 0 Å². The van der Waals surface area contributed by atoms with E-state index in [4.69, 9.17) is 16.3 Å². The number of halogens is 3. The van der Waals surface area contributed by atoms with E-state index < -0.39 is 13.0 Å². The summed E-state index contributed by atoms with van der Waals surface area (Å²) in [6.07, 6.45) is -1.63. The van der Waals surface area contributed by atoms with Crippen LogP contribution in [-0.4, -0.2) is 36.0 Å². The largest absolute Gasteiger partial charge is 0.374 e. The molecule has 0 fully saturated rings. The molecule has 1 aromatic rings. The second-order valence-electron chi connectivity index (χ2n) is 3.83. The van der Waals surface area contributed by atoms with E-state index >= 15 is 0 Å². The molecule has 104 valence electrons. The van der Waals surface area contributed by atoms with Crippen LogP contribution in [0.3, 0.4) is 0 Å². The number of ether oxygens (including phenoxy) is 1. The molecule has 0 unspecified atom stereocenters. The quantitative estimate of drug-likeness (QED) is 0.741. The highest BCUT2D eigenvalue weighted by atomic mass is 35.5. The molecule has 0 saturated carbocycles. The lowest BCUT2D eigenvalue weighted by Crippen LogP contribution is -2.22. The van der Waals surface area contributed by atoms with Crippen LogP contribution in [0.15, 0.2) is 0 Å². The third-order valence-electron chi connectivity index (χ3n) is 2.46. The normalized spacial score (nSPS) is 11.4. The van der Waals surface area contributed by atoms with Crippen molar-refractivity contribution in [1.82, 2.24) is 15.1 Å². The Labute approximate surface area is 110 Å². The minimum Gasteiger partial charge on any atom is -0.374 e. The summed E-state index contributed by atoms with van der Waals surface area (Å²) in [5.74, 6) is 0. The fraction of sp³-hybridized carbons (Fsp3) is 0.727. The van der Waals surface area contributed by atoms with Crippen LogP contribution in [0.4, 0.5) is 8.78 Å². The molecule has 0 saturated heterocycles. The first kappa shape index (κ1) is 15.3. The number of hydrogen-bond acceptors (Lipinski definition) is 3. The molecule has 0 aliphatic rings. The Kier molecular flexibility index (Phi) is 6.52. The molecule has 0 radical (unpaired) electrons. The highest BCUT2D eigenvalue weighted by Gasteiger charge is 2.12. The van der Waals surface area contributed by atoms with Crippen molar-refractivity contribution in [3.63, 3.8) is 0 Å². The molecule has 0 aromatic carbocycles. The highest BCUT2D eigenvalue weighted by molar-refractivity contribution is 6.31. The highest BCUT2D eigenvalue weighted by Crippen LogP contribution is 2.20. The molecule has 1 rings (SSSR count). The first-order chi connectivity index (χ1) is 8.56. The van der Waals surface area contributed by atoms with Gasteiger partial charge in [-0.05, 0) is 6.42 Å². The number of hydrogen-bond donors (Lipinski definition) is 1. The van der Waals surface area contributed by atoms with Crippen LogP contribution in [0.5, 0.6) is 0 Å². The summed E-state index contributed by atoms with van der Waals surface area (Å²) >= 11 is 6.16. The third-order valence-corrected chi connectivity index (χ3v) is 2.90. The van der Waals surface area contributed by atoms with Gasteiger partial charge in [0.1, 0.15) is 6.61 Å². The van der Waals surface area contributed by atoms with Gasteiger partial charge in [0, 0.05) is 20.1 Å². The van der Waals surface area contributed by atoms with Crippen molar-refractivity contribution in [2.45, 2.75) is 26.3 Å². The van der Waals surface area contributed by atoms with Gasteiger partial charge >= 0.3 is 0 Å². The van der Waals surface area contributed by atoms with Crippen molar-refractivity contribution in [1.29, 1.82) is 0 Å². The van der Waals surface area contributed by atoms with Gasteiger partial charge in [-0.15, -0.1) is 0 Å². The zero-order valence-electron chi connectivity index (χ0n) is 10.5. The van der Waals surface area contributed by atoms with Gasteiger partial charge in [-0.2, -0.15) is 5.10 Å². The predicted molar refractivity (Wildman–Crippen MR) is 66.1 cm³/mol. The van der Waals surface area contributed by atoms with Gasteiger partial charge in [0.2, 0.25) is 0 Å². The van der Waals surface area contributed by atoms with Crippen molar-refractivity contribution in [2.24, 2.45) is 7.05 Å². The van der Waals surface area contributed by atoms with Gasteiger partial charge < -0.3 is 10.1 Å². The monoisotopic (exact) mass is 281 g/mol. The Morgan fingerprint density at radius 1 is 1.50 bits per heavy atom. The first-order valence-corrected chi connectivity index (χ1v) is 6.20. The maximum absolute atomic E-state index is 11.8. The number of nitrogens with one attached hydrogen (secondary N) is 1. The molecule has 0 aliphatic heterocycles. The summed E-state index contributed by atoms with van der Waals surface area (Å²) in [6, 6.07) is 0. The van der Waals surface area contributed by atoms with E-state index in [0.717, 1.165) is 17.8 Å². The molecule has 7 heteroatoms. The van der Waals surface area contributed by atoms with Crippen LogP contribution in [-0.2, 0) is 24.8 Å². The Morgan fingerprint density at radius 3 is 2.78 bits per heavy atom. The fourth-order valence-corrected chi connectivity index (χ4v) is 1.90.